The Balaban J connectivity index is 2.36. The zero-order valence-corrected chi connectivity index (χ0v) is 9.83. The van der Waals surface area contributed by atoms with E-state index in [1.54, 1.807) is 0 Å². The van der Waals surface area contributed by atoms with Crippen LogP contribution in [0.15, 0.2) is 15.0 Å². The van der Waals surface area contributed by atoms with Gasteiger partial charge >= 0.3 is 5.97 Å². The summed E-state index contributed by atoms with van der Waals surface area (Å²) in [6.45, 7) is 0. The molecule has 2 rings (SSSR count). The molecule has 0 aliphatic heterocycles. The number of ether oxygens (including phenoxy) is 1. The van der Waals surface area contributed by atoms with Crippen LogP contribution in [0, 0.1) is 0 Å². The minimum Gasteiger partial charge on any atom is -0.504 e. The van der Waals surface area contributed by atoms with Crippen molar-refractivity contribution >= 4 is 28.7 Å². The van der Waals surface area contributed by atoms with Gasteiger partial charge in [0.15, 0.2) is 16.4 Å². The summed E-state index contributed by atoms with van der Waals surface area (Å²) in [5.41, 5.74) is -1.57. The summed E-state index contributed by atoms with van der Waals surface area (Å²) in [5.74, 6) is -1.90. The number of aromatic carboxylic acids is 1. The van der Waals surface area contributed by atoms with Gasteiger partial charge in [0.1, 0.15) is 5.69 Å². The Kier molecular flexibility index (Phi) is 2.79. The largest absolute Gasteiger partial charge is 0.504 e. The second-order valence-electron chi connectivity index (χ2n) is 3.32. The summed E-state index contributed by atoms with van der Waals surface area (Å²) in [6, 6.07) is 0. The van der Waals surface area contributed by atoms with E-state index < -0.39 is 22.6 Å². The summed E-state index contributed by atoms with van der Waals surface area (Å²) < 4.78 is 4.70. The molecule has 0 amide bonds. The fourth-order valence-corrected chi connectivity index (χ4v) is 2.13. The number of hydrogen-bond donors (Lipinski definition) is 3. The van der Waals surface area contributed by atoms with Crippen molar-refractivity contribution in [2.75, 3.05) is 12.4 Å². The smallest absolute Gasteiger partial charge is 0.349 e. The van der Waals surface area contributed by atoms with Crippen LogP contribution in [0.4, 0.5) is 11.4 Å². The van der Waals surface area contributed by atoms with Crippen LogP contribution in [-0.4, -0.2) is 23.3 Å². The molecule has 8 heteroatoms. The van der Waals surface area contributed by atoms with Crippen LogP contribution in [0.1, 0.15) is 9.67 Å². The molecule has 3 N–H and O–H groups in total. The number of thiophene rings is 1. The number of aromatic hydroxyl groups is 1. The third kappa shape index (κ3) is 1.63. The van der Waals surface area contributed by atoms with E-state index in [2.05, 4.69) is 5.32 Å². The van der Waals surface area contributed by atoms with Crippen molar-refractivity contribution in [2.45, 2.75) is 0 Å². The van der Waals surface area contributed by atoms with Gasteiger partial charge in [0.2, 0.25) is 0 Å². The van der Waals surface area contributed by atoms with Crippen molar-refractivity contribution in [1.29, 1.82) is 0 Å². The van der Waals surface area contributed by atoms with Crippen LogP contribution >= 0.6 is 11.3 Å². The zero-order valence-electron chi connectivity index (χ0n) is 9.01. The lowest BCUT2D eigenvalue weighted by atomic mass is 10.2. The van der Waals surface area contributed by atoms with E-state index in [1.165, 1.54) is 12.5 Å². The van der Waals surface area contributed by atoms with Gasteiger partial charge in [-0.05, 0) is 0 Å². The Morgan fingerprint density at radius 2 is 2.06 bits per heavy atom. The van der Waals surface area contributed by atoms with Gasteiger partial charge in [-0.1, -0.05) is 0 Å². The van der Waals surface area contributed by atoms with Gasteiger partial charge in [0.25, 0.3) is 10.9 Å². The molecule has 7 nitrogen and oxygen atoms in total. The summed E-state index contributed by atoms with van der Waals surface area (Å²) in [5, 5.41) is 22.1. The number of carboxylic acids is 1. The minimum atomic E-state index is -1.28. The Bertz CT molecular complexity index is 694. The van der Waals surface area contributed by atoms with Gasteiger partial charge in [-0.2, -0.15) is 0 Å². The molecule has 0 spiro atoms. The highest BCUT2D eigenvalue weighted by Gasteiger charge is 2.24. The van der Waals surface area contributed by atoms with Gasteiger partial charge in [-0.15, -0.1) is 11.3 Å². The predicted octanol–water partition coefficient (Wildman–Crippen LogP) is 0.500. The van der Waals surface area contributed by atoms with Crippen molar-refractivity contribution in [3.63, 3.8) is 0 Å². The molecule has 0 saturated carbocycles. The van der Waals surface area contributed by atoms with Gasteiger partial charge < -0.3 is 20.3 Å². The van der Waals surface area contributed by atoms with Crippen molar-refractivity contribution in [3.05, 3.63) is 30.7 Å². The van der Waals surface area contributed by atoms with E-state index in [4.69, 9.17) is 9.84 Å². The monoisotopic (exact) mass is 269 g/mol. The van der Waals surface area contributed by atoms with Crippen LogP contribution in [0.25, 0.3) is 0 Å². The molecule has 0 bridgehead atoms. The third-order valence-electron chi connectivity index (χ3n) is 2.29. The number of methoxy groups -OCH3 is 1. The van der Waals surface area contributed by atoms with Gasteiger partial charge in [-0.3, -0.25) is 9.59 Å². The quantitative estimate of drug-likeness (QED) is 0.692. The molecule has 1 aromatic carbocycles. The highest BCUT2D eigenvalue weighted by molar-refractivity contribution is 7.12. The lowest BCUT2D eigenvalue weighted by Gasteiger charge is -2.10. The molecule has 0 radical (unpaired) electrons. The normalized spacial score (nSPS) is 10.5. The Hall–Kier alpha value is -2.35. The maximum Gasteiger partial charge on any atom is 0.349 e. The van der Waals surface area contributed by atoms with Crippen LogP contribution < -0.4 is 20.9 Å². The first-order valence-electron chi connectivity index (χ1n) is 4.65. The number of hydrogen-bond acceptors (Lipinski definition) is 7. The van der Waals surface area contributed by atoms with E-state index in [9.17, 15) is 19.5 Å². The Labute approximate surface area is 104 Å². The van der Waals surface area contributed by atoms with Crippen molar-refractivity contribution in [3.8, 4) is 11.5 Å². The molecular formula is C10H7NO6S. The molecule has 1 heterocycles. The highest BCUT2D eigenvalue weighted by atomic mass is 32.1. The molecule has 0 fully saturated rings. The topological polar surface area (TPSA) is 113 Å². The molecule has 18 heavy (non-hydrogen) atoms. The number of nitrogens with one attached hydrogen (secondary N) is 1. The molecule has 0 aliphatic rings. The number of carbonyl (C=O) groups is 1. The van der Waals surface area contributed by atoms with Crippen molar-refractivity contribution < 1.29 is 19.7 Å². The highest BCUT2D eigenvalue weighted by Crippen LogP contribution is 2.36. The predicted molar refractivity (Wildman–Crippen MR) is 64.1 cm³/mol. The number of anilines is 2. The molecule has 2 aromatic rings. The first-order valence-corrected chi connectivity index (χ1v) is 5.53. The van der Waals surface area contributed by atoms with Gasteiger partial charge in [0.05, 0.1) is 12.8 Å². The summed E-state index contributed by atoms with van der Waals surface area (Å²) in [4.78, 5) is 32.8. The van der Waals surface area contributed by atoms with E-state index >= 15 is 0 Å². The van der Waals surface area contributed by atoms with E-state index in [0.717, 1.165) is 11.3 Å². The molecule has 0 saturated heterocycles. The van der Waals surface area contributed by atoms with Crippen LogP contribution in [0.2, 0.25) is 0 Å². The van der Waals surface area contributed by atoms with E-state index in [1.807, 2.05) is 0 Å². The SMILES string of the molecule is COc1c(Nc2csc(C(=O)O)c2O)c(=O)c1=O. The molecule has 0 atom stereocenters. The molecule has 0 aliphatic carbocycles. The summed E-state index contributed by atoms with van der Waals surface area (Å²) in [7, 11) is 1.23. The molecule has 1 aromatic heterocycles. The summed E-state index contributed by atoms with van der Waals surface area (Å²) >= 11 is 0.800. The first-order chi connectivity index (χ1) is 8.47. The lowest BCUT2D eigenvalue weighted by Crippen LogP contribution is -2.34. The number of rotatable bonds is 4. The van der Waals surface area contributed by atoms with Crippen molar-refractivity contribution in [1.82, 2.24) is 0 Å². The molecular weight excluding hydrogens is 262 g/mol. The second-order valence-corrected chi connectivity index (χ2v) is 4.20. The fourth-order valence-electron chi connectivity index (χ4n) is 1.41. The maximum atomic E-state index is 11.2. The Morgan fingerprint density at radius 1 is 1.39 bits per heavy atom. The van der Waals surface area contributed by atoms with Crippen LogP contribution in [0.3, 0.4) is 0 Å². The third-order valence-corrected chi connectivity index (χ3v) is 3.25. The number of carboxylic acid groups (broad SMARTS) is 1. The first kappa shape index (κ1) is 12.1. The van der Waals surface area contributed by atoms with Gasteiger partial charge in [0, 0.05) is 5.38 Å². The van der Waals surface area contributed by atoms with E-state index in [0.29, 0.717) is 0 Å². The van der Waals surface area contributed by atoms with Crippen LogP contribution in [0.5, 0.6) is 11.5 Å². The molecule has 0 unspecified atom stereocenters. The van der Waals surface area contributed by atoms with Crippen LogP contribution in [-0.2, 0) is 0 Å². The molecule has 94 valence electrons. The fraction of sp³-hybridized carbons (Fsp3) is 0.100. The van der Waals surface area contributed by atoms with E-state index in [-0.39, 0.29) is 22.0 Å². The minimum absolute atomic E-state index is 0.0443. The average molecular weight is 269 g/mol. The summed E-state index contributed by atoms with van der Waals surface area (Å²) in [6.07, 6.45) is 0. The van der Waals surface area contributed by atoms with Gasteiger partial charge in [-0.25, -0.2) is 4.79 Å². The average Bonchev–Trinajstić information content (AvgIpc) is 2.70. The second kappa shape index (κ2) is 4.15. The zero-order chi connectivity index (χ0) is 13.4. The lowest BCUT2D eigenvalue weighted by molar-refractivity contribution is 0.0699. The van der Waals surface area contributed by atoms with Crippen molar-refractivity contribution in [2.24, 2.45) is 0 Å². The Morgan fingerprint density at radius 3 is 2.56 bits per heavy atom. The standard InChI is InChI=1S/C10H7NO6S/c1-17-8-4(6(13)7(8)14)11-3-2-18-9(5(3)12)10(15)16/h2,11-12H,1H3,(H,15,16). The maximum absolute atomic E-state index is 11.2.